The molecule has 2 N–H and O–H groups in total. The van der Waals surface area contributed by atoms with Crippen molar-refractivity contribution in [2.24, 2.45) is 0 Å². The smallest absolute Gasteiger partial charge is 0.337 e. The molecule has 0 aliphatic carbocycles. The van der Waals surface area contributed by atoms with Crippen LogP contribution in [0.2, 0.25) is 5.02 Å². The zero-order valence-corrected chi connectivity index (χ0v) is 21.8. The summed E-state index contributed by atoms with van der Waals surface area (Å²) in [5.41, 5.74) is 3.70. The topological polar surface area (TPSA) is 67.8 Å². The molecule has 3 rings (SSSR count). The van der Waals surface area contributed by atoms with E-state index in [1.165, 1.54) is 13.2 Å². The first-order chi connectivity index (χ1) is 17.1. The minimum Gasteiger partial charge on any atom is -0.465 e. The molecule has 7 heteroatoms. The normalized spacial score (nSPS) is 13.3. The van der Waals surface area contributed by atoms with Crippen LogP contribution in [-0.2, 0) is 15.9 Å². The summed E-state index contributed by atoms with van der Waals surface area (Å²) in [5, 5.41) is 14.0. The fourth-order valence-electron chi connectivity index (χ4n) is 4.07. The van der Waals surface area contributed by atoms with Gasteiger partial charge < -0.3 is 19.9 Å². The van der Waals surface area contributed by atoms with Gasteiger partial charge in [-0.25, -0.2) is 9.18 Å². The van der Waals surface area contributed by atoms with Crippen molar-refractivity contribution in [1.82, 2.24) is 5.32 Å². The second-order valence-corrected chi connectivity index (χ2v) is 9.89. The number of rotatable bonds is 11. The van der Waals surface area contributed by atoms with Crippen LogP contribution in [0.4, 0.5) is 4.39 Å². The van der Waals surface area contributed by atoms with Gasteiger partial charge in [0.15, 0.2) is 0 Å². The average molecular weight is 514 g/mol. The van der Waals surface area contributed by atoms with Gasteiger partial charge in [0, 0.05) is 12.1 Å². The van der Waals surface area contributed by atoms with E-state index in [-0.39, 0.29) is 23.3 Å². The highest BCUT2D eigenvalue weighted by atomic mass is 35.5. The fourth-order valence-corrected chi connectivity index (χ4v) is 4.18. The van der Waals surface area contributed by atoms with Gasteiger partial charge in [-0.1, -0.05) is 54.1 Å². The number of aliphatic hydroxyl groups is 1. The molecule has 0 amide bonds. The zero-order valence-electron chi connectivity index (χ0n) is 21.1. The predicted molar refractivity (Wildman–Crippen MR) is 141 cm³/mol. The Kier molecular flexibility index (Phi) is 9.63. The highest BCUT2D eigenvalue weighted by molar-refractivity contribution is 6.30. The van der Waals surface area contributed by atoms with Crippen molar-refractivity contribution in [3.63, 3.8) is 0 Å². The van der Waals surface area contributed by atoms with Crippen LogP contribution in [0, 0.1) is 5.82 Å². The second kappa shape index (κ2) is 12.5. The molecule has 0 spiro atoms. The van der Waals surface area contributed by atoms with Crippen LogP contribution in [0.3, 0.4) is 0 Å². The Hall–Kier alpha value is -2.77. The number of β-amino-alcohol motifs (C(OH)–C–C–N with tert-alkyl or cyclic N) is 1. The minimum absolute atomic E-state index is 0.101. The number of ether oxygens (including phenoxy) is 2. The number of hydrogen-bond acceptors (Lipinski definition) is 5. The van der Waals surface area contributed by atoms with Crippen molar-refractivity contribution in [3.8, 4) is 11.1 Å². The maximum absolute atomic E-state index is 13.8. The van der Waals surface area contributed by atoms with Gasteiger partial charge in [0.25, 0.3) is 0 Å². The molecule has 0 unspecified atom stereocenters. The van der Waals surface area contributed by atoms with E-state index in [1.54, 1.807) is 24.3 Å². The Morgan fingerprint density at radius 1 is 1.11 bits per heavy atom. The van der Waals surface area contributed by atoms with Crippen LogP contribution in [-0.4, -0.2) is 43.0 Å². The van der Waals surface area contributed by atoms with Crippen LogP contribution in [0.5, 0.6) is 0 Å². The van der Waals surface area contributed by atoms with Crippen LogP contribution in [0.15, 0.2) is 66.7 Å². The summed E-state index contributed by atoms with van der Waals surface area (Å²) in [5.74, 6) is -0.830. The molecule has 192 valence electrons. The van der Waals surface area contributed by atoms with Crippen LogP contribution < -0.4 is 5.32 Å². The highest BCUT2D eigenvalue weighted by Crippen LogP contribution is 2.30. The van der Waals surface area contributed by atoms with Crippen molar-refractivity contribution >= 4 is 17.6 Å². The molecule has 0 aliphatic heterocycles. The lowest BCUT2D eigenvalue weighted by Gasteiger charge is -2.28. The van der Waals surface area contributed by atoms with E-state index in [0.29, 0.717) is 18.5 Å². The molecule has 0 bridgehead atoms. The third kappa shape index (κ3) is 7.61. The lowest BCUT2D eigenvalue weighted by Crippen LogP contribution is -2.46. The van der Waals surface area contributed by atoms with Crippen molar-refractivity contribution in [2.75, 3.05) is 20.3 Å². The van der Waals surface area contributed by atoms with E-state index in [1.807, 2.05) is 57.2 Å². The van der Waals surface area contributed by atoms with Crippen molar-refractivity contribution in [1.29, 1.82) is 0 Å². The molecule has 0 heterocycles. The predicted octanol–water partition coefficient (Wildman–Crippen LogP) is 5.98. The SMILES string of the molecule is COC(=O)c1cccc(-c2ccccc2[C@@H](C)OC[C@H](O)CNC(C)(C)Cc2ccc(Cl)c(F)c2)c1. The molecule has 0 fully saturated rings. The lowest BCUT2D eigenvalue weighted by atomic mass is 9.94. The standard InChI is InChI=1S/C29H33ClFNO4/c1-19(24-10-5-6-11-25(24)21-8-7-9-22(15-21)28(34)35-4)36-18-23(33)17-32-29(2,3)16-20-12-13-26(30)27(31)14-20/h5-15,19,23,32-33H,16-18H2,1-4H3/t19-,23-/m1/s1. The van der Waals surface area contributed by atoms with E-state index >= 15 is 0 Å². The summed E-state index contributed by atoms with van der Waals surface area (Å²) in [6.45, 7) is 6.37. The molecular formula is C29H33ClFNO4. The summed E-state index contributed by atoms with van der Waals surface area (Å²) in [6, 6.07) is 19.9. The molecule has 0 saturated carbocycles. The highest BCUT2D eigenvalue weighted by Gasteiger charge is 2.21. The Bertz CT molecular complexity index is 1180. The number of aliphatic hydroxyl groups excluding tert-OH is 1. The number of benzene rings is 3. The first-order valence-corrected chi connectivity index (χ1v) is 12.2. The van der Waals surface area contributed by atoms with Gasteiger partial charge >= 0.3 is 5.97 Å². The summed E-state index contributed by atoms with van der Waals surface area (Å²) >= 11 is 5.77. The van der Waals surface area contributed by atoms with Gasteiger partial charge in [0.05, 0.1) is 36.5 Å². The van der Waals surface area contributed by atoms with Gasteiger partial charge in [-0.3, -0.25) is 0 Å². The van der Waals surface area contributed by atoms with E-state index in [2.05, 4.69) is 5.32 Å². The molecule has 2 atom stereocenters. The molecule has 0 aliphatic rings. The lowest BCUT2D eigenvalue weighted by molar-refractivity contribution is -0.00397. The maximum atomic E-state index is 13.8. The number of methoxy groups -OCH3 is 1. The first kappa shape index (κ1) is 27.8. The molecular weight excluding hydrogens is 481 g/mol. The number of nitrogens with one attached hydrogen (secondary N) is 1. The minimum atomic E-state index is -0.733. The third-order valence-electron chi connectivity index (χ3n) is 5.98. The van der Waals surface area contributed by atoms with Gasteiger partial charge in [-0.05, 0) is 73.7 Å². The summed E-state index contributed by atoms with van der Waals surface area (Å²) < 4.78 is 24.6. The Labute approximate surface area is 217 Å². The summed E-state index contributed by atoms with van der Waals surface area (Å²) in [7, 11) is 1.36. The molecule has 36 heavy (non-hydrogen) atoms. The van der Waals surface area contributed by atoms with Crippen LogP contribution in [0.25, 0.3) is 11.1 Å². The molecule has 3 aromatic carbocycles. The number of esters is 1. The molecule has 0 saturated heterocycles. The third-order valence-corrected chi connectivity index (χ3v) is 6.28. The fraction of sp³-hybridized carbons (Fsp3) is 0.345. The molecule has 5 nitrogen and oxygen atoms in total. The van der Waals surface area contributed by atoms with E-state index < -0.39 is 17.9 Å². The van der Waals surface area contributed by atoms with Crippen LogP contribution in [0.1, 0.15) is 48.4 Å². The number of carbonyl (C=O) groups is 1. The first-order valence-electron chi connectivity index (χ1n) is 11.9. The zero-order chi connectivity index (χ0) is 26.3. The van der Waals surface area contributed by atoms with Gasteiger partial charge in [0.2, 0.25) is 0 Å². The molecule has 3 aromatic rings. The number of carbonyl (C=O) groups excluding carboxylic acids is 1. The van der Waals surface area contributed by atoms with Crippen molar-refractivity contribution in [3.05, 3.63) is 94.3 Å². The second-order valence-electron chi connectivity index (χ2n) is 9.48. The summed E-state index contributed by atoms with van der Waals surface area (Å²) in [4.78, 5) is 12.0. The van der Waals surface area contributed by atoms with Crippen molar-refractivity contribution in [2.45, 2.75) is 44.9 Å². The molecule has 0 radical (unpaired) electrons. The van der Waals surface area contributed by atoms with E-state index in [9.17, 15) is 14.3 Å². The van der Waals surface area contributed by atoms with Gasteiger partial charge in [-0.15, -0.1) is 0 Å². The van der Waals surface area contributed by atoms with E-state index in [4.69, 9.17) is 21.1 Å². The largest absolute Gasteiger partial charge is 0.465 e. The quantitative estimate of drug-likeness (QED) is 0.309. The van der Waals surface area contributed by atoms with Crippen molar-refractivity contribution < 1.29 is 23.8 Å². The monoisotopic (exact) mass is 513 g/mol. The average Bonchev–Trinajstić information content (AvgIpc) is 2.87. The Morgan fingerprint density at radius 2 is 1.86 bits per heavy atom. The molecule has 0 aromatic heterocycles. The van der Waals surface area contributed by atoms with Gasteiger partial charge in [0.1, 0.15) is 5.82 Å². The summed E-state index contributed by atoms with van der Waals surface area (Å²) in [6.07, 6.45) is -0.450. The van der Waals surface area contributed by atoms with E-state index in [0.717, 1.165) is 22.3 Å². The van der Waals surface area contributed by atoms with Crippen LogP contribution >= 0.6 is 11.6 Å². The maximum Gasteiger partial charge on any atom is 0.337 e. The number of halogens is 2. The Morgan fingerprint density at radius 3 is 2.58 bits per heavy atom. The van der Waals surface area contributed by atoms with Gasteiger partial charge in [-0.2, -0.15) is 0 Å². The Balaban J connectivity index is 1.58. The number of hydrogen-bond donors (Lipinski definition) is 2.